The third-order valence-corrected chi connectivity index (χ3v) is 8.03. The first-order chi connectivity index (χ1) is 15.4. The normalized spacial score (nSPS) is 15.1. The highest BCUT2D eigenvalue weighted by atomic mass is 79.9. The zero-order valence-electron chi connectivity index (χ0n) is 17.7. The van der Waals surface area contributed by atoms with Gasteiger partial charge in [0.05, 0.1) is 11.3 Å². The number of fused-ring (bicyclic) bond motifs is 1. The van der Waals surface area contributed by atoms with Gasteiger partial charge in [-0.25, -0.2) is 0 Å². The number of nitrogens with zero attached hydrogens (tertiary/aromatic N) is 4. The first-order valence-corrected chi connectivity index (χ1v) is 12.8. The molecule has 3 aromatic rings. The largest absolute Gasteiger partial charge is 0.486 e. The molecule has 2 aromatic heterocycles. The molecule has 1 amide bonds. The van der Waals surface area contributed by atoms with Gasteiger partial charge in [-0.05, 0) is 55.0 Å². The molecular weight excluding hydrogens is 510 g/mol. The molecule has 2 heterocycles. The van der Waals surface area contributed by atoms with Crippen LogP contribution in [0.15, 0.2) is 33.9 Å². The summed E-state index contributed by atoms with van der Waals surface area (Å²) >= 11 is 6.24. The van der Waals surface area contributed by atoms with E-state index in [9.17, 15) is 10.1 Å². The van der Waals surface area contributed by atoms with Crippen LogP contribution in [-0.2, 0) is 31.3 Å². The van der Waals surface area contributed by atoms with Crippen LogP contribution in [0.4, 0.5) is 5.00 Å². The van der Waals surface area contributed by atoms with Crippen molar-refractivity contribution in [2.45, 2.75) is 37.9 Å². The quantitative estimate of drug-likeness (QED) is 0.433. The second-order valence-corrected chi connectivity index (χ2v) is 10.7. The third-order valence-electron chi connectivity index (χ3n) is 5.32. The summed E-state index contributed by atoms with van der Waals surface area (Å²) < 4.78 is 8.56. The van der Waals surface area contributed by atoms with Crippen molar-refractivity contribution in [3.8, 4) is 11.8 Å². The number of amides is 1. The average Bonchev–Trinajstić information content (AvgIpc) is 3.30. The fourth-order valence-electron chi connectivity index (χ4n) is 3.53. The molecule has 1 aliphatic rings. The van der Waals surface area contributed by atoms with E-state index in [-0.39, 0.29) is 18.3 Å². The highest BCUT2D eigenvalue weighted by Crippen LogP contribution is 2.39. The van der Waals surface area contributed by atoms with Gasteiger partial charge in [-0.15, -0.1) is 21.5 Å². The summed E-state index contributed by atoms with van der Waals surface area (Å²) in [5.41, 5.74) is 1.74. The van der Waals surface area contributed by atoms with E-state index in [4.69, 9.17) is 4.74 Å². The predicted octanol–water partition coefficient (Wildman–Crippen LogP) is 4.95. The number of hydrogen-bond acceptors (Lipinski definition) is 7. The van der Waals surface area contributed by atoms with Gasteiger partial charge in [0, 0.05) is 16.4 Å². The number of hydrogen-bond donors (Lipinski definition) is 1. The van der Waals surface area contributed by atoms with E-state index in [0.717, 1.165) is 35.0 Å². The molecule has 0 saturated heterocycles. The van der Waals surface area contributed by atoms with E-state index < -0.39 is 0 Å². The van der Waals surface area contributed by atoms with Crippen molar-refractivity contribution in [2.24, 2.45) is 13.0 Å². The number of carbonyl (C=O) groups is 1. The first-order valence-electron chi connectivity index (χ1n) is 10.2. The molecule has 4 rings (SSSR count). The van der Waals surface area contributed by atoms with Crippen molar-refractivity contribution in [3.05, 3.63) is 50.6 Å². The van der Waals surface area contributed by atoms with E-state index in [0.29, 0.717) is 27.5 Å². The highest BCUT2D eigenvalue weighted by molar-refractivity contribution is 9.10. The topological polar surface area (TPSA) is 92.8 Å². The molecule has 166 valence electrons. The molecule has 7 nitrogen and oxygen atoms in total. The summed E-state index contributed by atoms with van der Waals surface area (Å²) in [6, 6.07) is 9.86. The second kappa shape index (κ2) is 10.1. The van der Waals surface area contributed by atoms with E-state index in [1.807, 2.05) is 35.9 Å². The van der Waals surface area contributed by atoms with E-state index in [1.165, 1.54) is 28.0 Å². The van der Waals surface area contributed by atoms with Gasteiger partial charge >= 0.3 is 0 Å². The standard InChI is InChI=1S/C22H22BrN5O2S2/c1-13-3-8-16-17(10-24)21(32-18(16)9-13)25-20(29)12-31-22-27-26-19(28(22)2)11-30-15-6-4-14(23)5-7-15/h4-7,13H,3,8-9,11-12H2,1-2H3,(H,25,29). The van der Waals surface area contributed by atoms with Crippen molar-refractivity contribution >= 4 is 49.9 Å². The molecule has 0 spiro atoms. The van der Waals surface area contributed by atoms with Crippen molar-refractivity contribution in [1.29, 1.82) is 5.26 Å². The van der Waals surface area contributed by atoms with Crippen molar-refractivity contribution in [1.82, 2.24) is 14.8 Å². The van der Waals surface area contributed by atoms with Gasteiger partial charge < -0.3 is 14.6 Å². The lowest BCUT2D eigenvalue weighted by atomic mass is 9.89. The molecule has 0 saturated carbocycles. The molecular formula is C22H22BrN5O2S2. The van der Waals surface area contributed by atoms with Crippen LogP contribution in [0.3, 0.4) is 0 Å². The number of nitrogens with one attached hydrogen (secondary N) is 1. The Morgan fingerprint density at radius 2 is 2.19 bits per heavy atom. The molecule has 0 radical (unpaired) electrons. The maximum Gasteiger partial charge on any atom is 0.235 e. The zero-order chi connectivity index (χ0) is 22.7. The Balaban J connectivity index is 1.34. The van der Waals surface area contributed by atoms with Gasteiger partial charge in [0.1, 0.15) is 23.4 Å². The Morgan fingerprint density at radius 3 is 2.94 bits per heavy atom. The Hall–Kier alpha value is -2.35. The minimum atomic E-state index is -0.159. The van der Waals surface area contributed by atoms with Crippen LogP contribution >= 0.6 is 39.0 Å². The Morgan fingerprint density at radius 1 is 1.41 bits per heavy atom. The number of thiophene rings is 1. The highest BCUT2D eigenvalue weighted by Gasteiger charge is 2.24. The third kappa shape index (κ3) is 5.17. The number of anilines is 1. The lowest BCUT2D eigenvalue weighted by Crippen LogP contribution is -2.14. The summed E-state index contributed by atoms with van der Waals surface area (Å²) in [7, 11) is 1.85. The molecule has 0 fully saturated rings. The molecule has 10 heteroatoms. The van der Waals surface area contributed by atoms with Crippen LogP contribution in [0.5, 0.6) is 5.75 Å². The van der Waals surface area contributed by atoms with Crippen molar-refractivity contribution in [2.75, 3.05) is 11.1 Å². The number of thioether (sulfide) groups is 1. The number of benzene rings is 1. The van der Waals surface area contributed by atoms with E-state index in [2.05, 4.69) is 44.4 Å². The summed E-state index contributed by atoms with van der Waals surface area (Å²) in [5, 5.41) is 22.2. The lowest BCUT2D eigenvalue weighted by Gasteiger charge is -2.17. The van der Waals surface area contributed by atoms with Gasteiger partial charge in [0.15, 0.2) is 11.0 Å². The lowest BCUT2D eigenvalue weighted by molar-refractivity contribution is -0.113. The van der Waals surface area contributed by atoms with Crippen molar-refractivity contribution < 1.29 is 9.53 Å². The summed E-state index contributed by atoms with van der Waals surface area (Å²) in [6.07, 6.45) is 2.97. The van der Waals surface area contributed by atoms with E-state index >= 15 is 0 Å². The van der Waals surface area contributed by atoms with Gasteiger partial charge in [0.2, 0.25) is 5.91 Å². The summed E-state index contributed by atoms with van der Waals surface area (Å²) in [6.45, 7) is 2.51. The number of rotatable bonds is 7. The van der Waals surface area contributed by atoms with Gasteiger partial charge in [0.25, 0.3) is 0 Å². The molecule has 32 heavy (non-hydrogen) atoms. The molecule has 1 unspecified atom stereocenters. The monoisotopic (exact) mass is 531 g/mol. The number of halogens is 1. The SMILES string of the molecule is CC1CCc2c(sc(NC(=O)CSc3nnc(COc4ccc(Br)cc4)n3C)c2C#N)C1. The first kappa shape index (κ1) is 22.8. The molecule has 1 aromatic carbocycles. The Bertz CT molecular complexity index is 1170. The number of ether oxygens (including phenoxy) is 1. The number of nitriles is 1. The maximum atomic E-state index is 12.6. The van der Waals surface area contributed by atoms with Crippen LogP contribution in [0.25, 0.3) is 0 Å². The second-order valence-electron chi connectivity index (χ2n) is 7.70. The fraction of sp³-hybridized carbons (Fsp3) is 0.364. The van der Waals surface area contributed by atoms with Crippen LogP contribution in [0, 0.1) is 17.2 Å². The number of carbonyl (C=O) groups excluding carboxylic acids is 1. The molecule has 0 bridgehead atoms. The van der Waals surface area contributed by atoms with Crippen LogP contribution in [-0.4, -0.2) is 26.4 Å². The molecule has 1 atom stereocenters. The Kier molecular flexibility index (Phi) is 7.18. The van der Waals surface area contributed by atoms with Crippen LogP contribution in [0.1, 0.15) is 35.2 Å². The fourth-order valence-corrected chi connectivity index (χ4v) is 5.90. The summed E-state index contributed by atoms with van der Waals surface area (Å²) in [5.74, 6) is 2.05. The smallest absolute Gasteiger partial charge is 0.235 e. The average molecular weight is 532 g/mol. The zero-order valence-corrected chi connectivity index (χ0v) is 20.9. The van der Waals surface area contributed by atoms with E-state index in [1.54, 1.807) is 0 Å². The van der Waals surface area contributed by atoms with Gasteiger partial charge in [-0.1, -0.05) is 34.6 Å². The van der Waals surface area contributed by atoms with Crippen LogP contribution in [0.2, 0.25) is 0 Å². The van der Waals surface area contributed by atoms with Gasteiger partial charge in [-0.3, -0.25) is 4.79 Å². The van der Waals surface area contributed by atoms with Gasteiger partial charge in [-0.2, -0.15) is 5.26 Å². The minimum Gasteiger partial charge on any atom is -0.486 e. The number of aromatic nitrogens is 3. The summed E-state index contributed by atoms with van der Waals surface area (Å²) in [4.78, 5) is 13.8. The molecule has 0 aliphatic heterocycles. The molecule has 1 aliphatic carbocycles. The minimum absolute atomic E-state index is 0.159. The van der Waals surface area contributed by atoms with Crippen LogP contribution < -0.4 is 10.1 Å². The predicted molar refractivity (Wildman–Crippen MR) is 129 cm³/mol. The maximum absolute atomic E-state index is 12.6. The van der Waals surface area contributed by atoms with Crippen molar-refractivity contribution in [3.63, 3.8) is 0 Å². The molecule has 1 N–H and O–H groups in total. The Labute approximate surface area is 203 Å².